The number of aryl methyl sites for hydroxylation is 1. The van der Waals surface area contributed by atoms with Gasteiger partial charge in [0.15, 0.2) is 17.3 Å². The molecule has 2 aromatic rings. The molecule has 1 aromatic carbocycles. The fraction of sp³-hybridized carbons (Fsp3) is 0.417. The molecule has 1 aromatic heterocycles. The van der Waals surface area contributed by atoms with Crippen LogP contribution in [0.1, 0.15) is 17.4 Å². The van der Waals surface area contributed by atoms with Gasteiger partial charge >= 0.3 is 0 Å². The fourth-order valence-corrected chi connectivity index (χ4v) is 2.03. The molecule has 0 bridgehead atoms. The van der Waals surface area contributed by atoms with Crippen molar-refractivity contribution < 1.29 is 9.47 Å². The number of nitrogens with one attached hydrogen (secondary N) is 1. The Hall–Kier alpha value is -2.19. The van der Waals surface area contributed by atoms with Crippen molar-refractivity contribution in [1.82, 2.24) is 25.6 Å². The molecular weight excluding hydrogens is 260 g/mol. The van der Waals surface area contributed by atoms with E-state index in [2.05, 4.69) is 20.8 Å². The lowest BCUT2D eigenvalue weighted by Crippen LogP contribution is -2.30. The van der Waals surface area contributed by atoms with Crippen molar-refractivity contribution in [1.29, 1.82) is 0 Å². The predicted molar refractivity (Wildman–Crippen MR) is 72.1 cm³/mol. The second kappa shape index (κ2) is 6.31. The van der Waals surface area contributed by atoms with Crippen LogP contribution in [0.5, 0.6) is 11.5 Å². The van der Waals surface area contributed by atoms with E-state index in [1.54, 1.807) is 21.3 Å². The Kier molecular flexibility index (Phi) is 4.49. The second-order valence-corrected chi connectivity index (χ2v) is 4.20. The SMILES string of the molecule is COc1cccc(C(Cc2nnn(C)n2)NN)c1OC. The van der Waals surface area contributed by atoms with Crippen molar-refractivity contribution in [2.24, 2.45) is 12.9 Å². The van der Waals surface area contributed by atoms with Gasteiger partial charge < -0.3 is 9.47 Å². The summed E-state index contributed by atoms with van der Waals surface area (Å²) >= 11 is 0. The number of hydrazine groups is 1. The highest BCUT2D eigenvalue weighted by atomic mass is 16.5. The van der Waals surface area contributed by atoms with Crippen LogP contribution in [0.3, 0.4) is 0 Å². The molecule has 0 saturated heterocycles. The zero-order chi connectivity index (χ0) is 14.5. The van der Waals surface area contributed by atoms with Crippen molar-refractivity contribution >= 4 is 0 Å². The standard InChI is InChI=1S/C12H18N6O2/c1-18-16-11(15-17-18)7-9(14-13)8-5-4-6-10(19-2)12(8)20-3/h4-6,9,14H,7,13H2,1-3H3. The van der Waals surface area contributed by atoms with E-state index in [-0.39, 0.29) is 6.04 Å². The van der Waals surface area contributed by atoms with Crippen molar-refractivity contribution in [3.05, 3.63) is 29.6 Å². The van der Waals surface area contributed by atoms with Crippen LogP contribution in [0.15, 0.2) is 18.2 Å². The molecule has 8 heteroatoms. The first-order valence-electron chi connectivity index (χ1n) is 6.09. The molecule has 108 valence electrons. The van der Waals surface area contributed by atoms with Gasteiger partial charge in [-0.15, -0.1) is 10.2 Å². The summed E-state index contributed by atoms with van der Waals surface area (Å²) in [6.07, 6.45) is 0.494. The van der Waals surface area contributed by atoms with Gasteiger partial charge in [-0.1, -0.05) is 12.1 Å². The van der Waals surface area contributed by atoms with Gasteiger partial charge in [-0.05, 0) is 11.3 Å². The maximum atomic E-state index is 5.65. The lowest BCUT2D eigenvalue weighted by atomic mass is 10.0. The summed E-state index contributed by atoms with van der Waals surface area (Å²) in [5.74, 6) is 7.53. The molecule has 2 rings (SSSR count). The molecule has 0 aliphatic heterocycles. The highest BCUT2D eigenvalue weighted by Gasteiger charge is 2.20. The monoisotopic (exact) mass is 278 g/mol. The van der Waals surface area contributed by atoms with E-state index >= 15 is 0 Å². The van der Waals surface area contributed by atoms with Gasteiger partial charge in [0.2, 0.25) is 0 Å². The molecule has 0 fully saturated rings. The summed E-state index contributed by atoms with van der Waals surface area (Å²) in [5.41, 5.74) is 3.63. The lowest BCUT2D eigenvalue weighted by molar-refractivity contribution is 0.346. The van der Waals surface area contributed by atoms with Gasteiger partial charge in [0.05, 0.1) is 27.3 Å². The second-order valence-electron chi connectivity index (χ2n) is 4.20. The summed E-state index contributed by atoms with van der Waals surface area (Å²) in [7, 11) is 4.90. The van der Waals surface area contributed by atoms with Gasteiger partial charge in [-0.25, -0.2) is 0 Å². The average molecular weight is 278 g/mol. The van der Waals surface area contributed by atoms with E-state index in [0.717, 1.165) is 5.56 Å². The number of nitrogens with two attached hydrogens (primary N) is 1. The molecule has 8 nitrogen and oxygen atoms in total. The number of rotatable bonds is 6. The third-order valence-electron chi connectivity index (χ3n) is 2.95. The first-order valence-corrected chi connectivity index (χ1v) is 6.09. The molecule has 1 atom stereocenters. The van der Waals surface area contributed by atoms with Gasteiger partial charge in [-0.3, -0.25) is 11.3 Å². The Labute approximate surface area is 116 Å². The van der Waals surface area contributed by atoms with E-state index in [4.69, 9.17) is 15.3 Å². The summed E-state index contributed by atoms with van der Waals surface area (Å²) < 4.78 is 10.7. The van der Waals surface area contributed by atoms with Gasteiger partial charge in [0, 0.05) is 12.0 Å². The van der Waals surface area contributed by atoms with Crippen LogP contribution in [0.2, 0.25) is 0 Å². The van der Waals surface area contributed by atoms with Crippen LogP contribution in [-0.4, -0.2) is 34.4 Å². The smallest absolute Gasteiger partial charge is 0.176 e. The number of hydrogen-bond acceptors (Lipinski definition) is 7. The summed E-state index contributed by atoms with van der Waals surface area (Å²) in [6.45, 7) is 0. The largest absolute Gasteiger partial charge is 0.493 e. The van der Waals surface area contributed by atoms with Crippen LogP contribution < -0.4 is 20.7 Å². The van der Waals surface area contributed by atoms with E-state index in [9.17, 15) is 0 Å². The fourth-order valence-electron chi connectivity index (χ4n) is 2.03. The highest BCUT2D eigenvalue weighted by Crippen LogP contribution is 2.35. The van der Waals surface area contributed by atoms with E-state index in [1.807, 2.05) is 18.2 Å². The summed E-state index contributed by atoms with van der Waals surface area (Å²) in [6, 6.07) is 5.42. The molecule has 0 aliphatic rings. The third kappa shape index (κ3) is 2.86. The molecule has 1 unspecified atom stereocenters. The number of tetrazole rings is 1. The number of benzene rings is 1. The van der Waals surface area contributed by atoms with Crippen LogP contribution in [0.4, 0.5) is 0 Å². The Bertz CT molecular complexity index is 571. The number of methoxy groups -OCH3 is 2. The Balaban J connectivity index is 2.31. The summed E-state index contributed by atoms with van der Waals surface area (Å²) in [4.78, 5) is 1.41. The zero-order valence-electron chi connectivity index (χ0n) is 11.7. The average Bonchev–Trinajstić information content (AvgIpc) is 2.89. The number of nitrogens with zero attached hydrogens (tertiary/aromatic N) is 4. The predicted octanol–water partition coefficient (Wildman–Crippen LogP) is -0.0256. The molecule has 0 amide bonds. The van der Waals surface area contributed by atoms with Crippen LogP contribution >= 0.6 is 0 Å². The number of hydrogen-bond donors (Lipinski definition) is 2. The van der Waals surface area contributed by atoms with Gasteiger partial charge in [-0.2, -0.15) is 4.80 Å². The molecule has 3 N–H and O–H groups in total. The van der Waals surface area contributed by atoms with Crippen molar-refractivity contribution in [2.75, 3.05) is 14.2 Å². The third-order valence-corrected chi connectivity index (χ3v) is 2.95. The summed E-state index contributed by atoms with van der Waals surface area (Å²) in [5, 5.41) is 11.9. The van der Waals surface area contributed by atoms with Gasteiger partial charge in [0.25, 0.3) is 0 Å². The molecule has 0 radical (unpaired) electrons. The minimum atomic E-state index is -0.204. The van der Waals surface area contributed by atoms with E-state index in [1.165, 1.54) is 4.80 Å². The Morgan fingerprint density at radius 1 is 1.35 bits per heavy atom. The topological polar surface area (TPSA) is 100 Å². The quantitative estimate of drug-likeness (QED) is 0.565. The van der Waals surface area contributed by atoms with Crippen LogP contribution in [-0.2, 0) is 13.5 Å². The minimum Gasteiger partial charge on any atom is -0.493 e. The van der Waals surface area contributed by atoms with Crippen LogP contribution in [0, 0.1) is 0 Å². The van der Waals surface area contributed by atoms with E-state index in [0.29, 0.717) is 23.7 Å². The van der Waals surface area contributed by atoms with E-state index < -0.39 is 0 Å². The molecule has 0 spiro atoms. The molecule has 1 heterocycles. The van der Waals surface area contributed by atoms with Crippen molar-refractivity contribution in [3.8, 4) is 11.5 Å². The number of ether oxygens (including phenoxy) is 2. The van der Waals surface area contributed by atoms with Crippen molar-refractivity contribution in [3.63, 3.8) is 0 Å². The maximum absolute atomic E-state index is 5.65. The zero-order valence-corrected chi connectivity index (χ0v) is 11.7. The first kappa shape index (κ1) is 14.2. The normalized spacial score (nSPS) is 12.2. The van der Waals surface area contributed by atoms with Crippen molar-refractivity contribution in [2.45, 2.75) is 12.5 Å². The highest BCUT2D eigenvalue weighted by molar-refractivity contribution is 5.48. The lowest BCUT2D eigenvalue weighted by Gasteiger charge is -2.19. The van der Waals surface area contributed by atoms with Crippen LogP contribution in [0.25, 0.3) is 0 Å². The first-order chi connectivity index (χ1) is 9.69. The molecule has 0 saturated carbocycles. The minimum absolute atomic E-state index is 0.204. The molecular formula is C12H18N6O2. The Morgan fingerprint density at radius 3 is 2.70 bits per heavy atom. The maximum Gasteiger partial charge on any atom is 0.176 e. The molecule has 0 aliphatic carbocycles. The van der Waals surface area contributed by atoms with Gasteiger partial charge in [0.1, 0.15) is 0 Å². The number of aromatic nitrogens is 4. The Morgan fingerprint density at radius 2 is 2.15 bits per heavy atom. The number of para-hydroxylation sites is 1. The molecule has 20 heavy (non-hydrogen) atoms.